The van der Waals surface area contributed by atoms with Crippen LogP contribution in [0, 0.1) is 9.39 Å². The molecule has 112 valence electrons. The number of rotatable bonds is 1. The fraction of sp³-hybridized carbons (Fsp3) is 0. The van der Waals surface area contributed by atoms with Gasteiger partial charge in [0.05, 0.1) is 21.8 Å². The highest BCUT2D eigenvalue weighted by Crippen LogP contribution is 2.28. The summed E-state index contributed by atoms with van der Waals surface area (Å²) >= 11 is 7.69. The number of carbonyl (C=O) groups is 2. The number of nitrogens with zero attached hydrogens (tertiary/aromatic N) is 1. The van der Waals surface area contributed by atoms with E-state index in [0.717, 1.165) is 16.7 Å². The van der Waals surface area contributed by atoms with Gasteiger partial charge in [-0.1, -0.05) is 11.6 Å². The largest absolute Gasteiger partial charge is 0.384 e. The monoisotopic (exact) mass is 433 g/mol. The molecule has 0 spiro atoms. The Morgan fingerprint density at radius 3 is 2.55 bits per heavy atom. The van der Waals surface area contributed by atoms with E-state index in [1.807, 2.05) is 27.9 Å². The second-order valence-electron chi connectivity index (χ2n) is 4.49. The van der Waals surface area contributed by atoms with E-state index in [4.69, 9.17) is 17.3 Å². The SMILES string of the molecule is Nc1c2c(cc(=O)n1-c1cc(I)c(Cl)cc1F)C(=O)NC2=O. The van der Waals surface area contributed by atoms with Crippen LogP contribution < -0.4 is 16.6 Å². The lowest BCUT2D eigenvalue weighted by molar-refractivity contribution is 0.0880. The van der Waals surface area contributed by atoms with Crippen molar-refractivity contribution in [3.63, 3.8) is 0 Å². The van der Waals surface area contributed by atoms with Gasteiger partial charge in [0.2, 0.25) is 0 Å². The lowest BCUT2D eigenvalue weighted by Gasteiger charge is -2.13. The van der Waals surface area contributed by atoms with E-state index in [-0.39, 0.29) is 27.7 Å². The highest BCUT2D eigenvalue weighted by atomic mass is 127. The number of hydrogen-bond acceptors (Lipinski definition) is 4. The van der Waals surface area contributed by atoms with Crippen molar-refractivity contribution in [2.45, 2.75) is 0 Å². The van der Waals surface area contributed by atoms with Crippen LogP contribution in [-0.4, -0.2) is 16.4 Å². The Morgan fingerprint density at radius 1 is 1.18 bits per heavy atom. The maximum Gasteiger partial charge on any atom is 0.262 e. The molecule has 0 radical (unpaired) electrons. The predicted molar refractivity (Wildman–Crippen MR) is 85.9 cm³/mol. The molecule has 0 saturated carbocycles. The normalized spacial score (nSPS) is 13.2. The lowest BCUT2D eigenvalue weighted by Crippen LogP contribution is -2.25. The summed E-state index contributed by atoms with van der Waals surface area (Å²) in [5.74, 6) is -2.51. The van der Waals surface area contributed by atoms with Crippen molar-refractivity contribution < 1.29 is 14.0 Å². The smallest absolute Gasteiger partial charge is 0.262 e. The van der Waals surface area contributed by atoms with E-state index in [9.17, 15) is 18.8 Å². The van der Waals surface area contributed by atoms with Gasteiger partial charge < -0.3 is 5.73 Å². The summed E-state index contributed by atoms with van der Waals surface area (Å²) in [6.45, 7) is 0. The molecule has 9 heteroatoms. The molecule has 1 aromatic heterocycles. The van der Waals surface area contributed by atoms with Gasteiger partial charge in [-0.3, -0.25) is 24.3 Å². The van der Waals surface area contributed by atoms with Crippen molar-refractivity contribution in [1.82, 2.24) is 9.88 Å². The van der Waals surface area contributed by atoms with Gasteiger partial charge in [-0.2, -0.15) is 0 Å². The van der Waals surface area contributed by atoms with E-state index in [1.165, 1.54) is 6.07 Å². The van der Waals surface area contributed by atoms with Crippen LogP contribution in [0.2, 0.25) is 5.02 Å². The van der Waals surface area contributed by atoms with Crippen molar-refractivity contribution in [1.29, 1.82) is 0 Å². The number of fused-ring (bicyclic) bond motifs is 1. The van der Waals surface area contributed by atoms with Gasteiger partial charge >= 0.3 is 0 Å². The molecule has 2 amide bonds. The van der Waals surface area contributed by atoms with E-state index in [0.29, 0.717) is 3.57 Å². The third-order valence-electron chi connectivity index (χ3n) is 3.18. The van der Waals surface area contributed by atoms with Gasteiger partial charge in [-0.15, -0.1) is 0 Å². The number of amides is 2. The summed E-state index contributed by atoms with van der Waals surface area (Å²) in [4.78, 5) is 35.5. The van der Waals surface area contributed by atoms with Crippen molar-refractivity contribution in [2.24, 2.45) is 0 Å². The van der Waals surface area contributed by atoms with E-state index < -0.39 is 23.2 Å². The van der Waals surface area contributed by atoms with Crippen molar-refractivity contribution in [2.75, 3.05) is 5.73 Å². The minimum atomic E-state index is -0.774. The quantitative estimate of drug-likeness (QED) is 0.407. The number of carbonyl (C=O) groups excluding carboxylic acids is 2. The summed E-state index contributed by atoms with van der Waals surface area (Å²) in [5.41, 5.74) is 4.69. The second kappa shape index (κ2) is 5.06. The molecule has 0 atom stereocenters. The number of nitrogens with one attached hydrogen (secondary N) is 1. The second-order valence-corrected chi connectivity index (χ2v) is 6.06. The summed E-state index contributed by atoms with van der Waals surface area (Å²) in [5, 5.41) is 2.22. The molecule has 1 aromatic carbocycles. The molecule has 3 rings (SSSR count). The van der Waals surface area contributed by atoms with Crippen LogP contribution in [0.3, 0.4) is 0 Å². The van der Waals surface area contributed by atoms with Gasteiger partial charge in [0.25, 0.3) is 17.4 Å². The fourth-order valence-electron chi connectivity index (χ4n) is 2.21. The van der Waals surface area contributed by atoms with Crippen molar-refractivity contribution in [3.05, 3.63) is 54.1 Å². The third kappa shape index (κ3) is 2.10. The van der Waals surface area contributed by atoms with Gasteiger partial charge in [0, 0.05) is 9.64 Å². The Morgan fingerprint density at radius 2 is 1.86 bits per heavy atom. The average Bonchev–Trinajstić information content (AvgIpc) is 2.70. The van der Waals surface area contributed by atoms with Crippen molar-refractivity contribution >= 4 is 51.8 Å². The van der Waals surface area contributed by atoms with Crippen LogP contribution in [0.5, 0.6) is 0 Å². The number of pyridine rings is 1. The van der Waals surface area contributed by atoms with Crippen LogP contribution in [0.15, 0.2) is 23.0 Å². The number of nitrogen functional groups attached to an aromatic ring is 1. The Bertz CT molecular complexity index is 926. The minimum absolute atomic E-state index is 0.118. The summed E-state index contributed by atoms with van der Waals surface area (Å²) in [6.07, 6.45) is 0. The Kier molecular flexibility index (Phi) is 3.44. The number of halogens is 3. The molecule has 6 nitrogen and oxygen atoms in total. The Balaban J connectivity index is 2.37. The maximum atomic E-state index is 14.1. The molecule has 1 aliphatic rings. The van der Waals surface area contributed by atoms with Gasteiger partial charge in [-0.05, 0) is 34.7 Å². The minimum Gasteiger partial charge on any atom is -0.384 e. The van der Waals surface area contributed by atoms with Crippen LogP contribution in [0.1, 0.15) is 20.7 Å². The van der Waals surface area contributed by atoms with Gasteiger partial charge in [0.15, 0.2) is 0 Å². The molecule has 0 fully saturated rings. The number of benzene rings is 1. The molecule has 0 saturated heterocycles. The van der Waals surface area contributed by atoms with Crippen LogP contribution >= 0.6 is 34.2 Å². The summed E-state index contributed by atoms with van der Waals surface area (Å²) < 4.78 is 15.5. The highest BCUT2D eigenvalue weighted by molar-refractivity contribution is 14.1. The first-order chi connectivity index (χ1) is 10.3. The van der Waals surface area contributed by atoms with Crippen molar-refractivity contribution in [3.8, 4) is 5.69 Å². The topological polar surface area (TPSA) is 94.2 Å². The zero-order valence-corrected chi connectivity index (χ0v) is 13.5. The molecule has 3 N–H and O–H groups in total. The molecular formula is C13H6ClFIN3O3. The number of hydrogen-bond donors (Lipinski definition) is 2. The molecule has 0 unspecified atom stereocenters. The van der Waals surface area contributed by atoms with Crippen LogP contribution in [0.25, 0.3) is 5.69 Å². The summed E-state index contributed by atoms with van der Waals surface area (Å²) in [6, 6.07) is 3.33. The third-order valence-corrected chi connectivity index (χ3v) is 4.71. The Labute approximate surface area is 141 Å². The molecule has 2 heterocycles. The zero-order valence-electron chi connectivity index (χ0n) is 10.6. The number of anilines is 1. The molecule has 1 aliphatic heterocycles. The van der Waals surface area contributed by atoms with E-state index in [2.05, 4.69) is 0 Å². The Hall–Kier alpha value is -1.94. The first-order valence-electron chi connectivity index (χ1n) is 5.87. The van der Waals surface area contributed by atoms with Crippen LogP contribution in [0.4, 0.5) is 10.2 Å². The molecule has 0 aliphatic carbocycles. The van der Waals surface area contributed by atoms with Crippen LogP contribution in [-0.2, 0) is 0 Å². The fourth-order valence-corrected chi connectivity index (χ4v) is 2.81. The highest BCUT2D eigenvalue weighted by Gasteiger charge is 2.32. The maximum absolute atomic E-state index is 14.1. The van der Waals surface area contributed by atoms with Gasteiger partial charge in [0.1, 0.15) is 11.6 Å². The summed E-state index contributed by atoms with van der Waals surface area (Å²) in [7, 11) is 0. The van der Waals surface area contributed by atoms with E-state index >= 15 is 0 Å². The average molecular weight is 434 g/mol. The first kappa shape index (κ1) is 15.0. The molecule has 2 aromatic rings. The number of nitrogens with two attached hydrogens (primary N) is 1. The predicted octanol–water partition coefficient (Wildman–Crippen LogP) is 1.70. The first-order valence-corrected chi connectivity index (χ1v) is 7.33. The molecular weight excluding hydrogens is 428 g/mol. The number of imide groups is 1. The molecule has 0 bridgehead atoms. The van der Waals surface area contributed by atoms with Gasteiger partial charge in [-0.25, -0.2) is 4.39 Å². The number of aromatic nitrogens is 1. The molecule has 22 heavy (non-hydrogen) atoms. The zero-order chi connectivity index (χ0) is 16.2. The lowest BCUT2D eigenvalue weighted by atomic mass is 10.1. The van der Waals surface area contributed by atoms with E-state index in [1.54, 1.807) is 0 Å². The standard InChI is InChI=1S/C13H6ClFIN3O3/c14-5-2-6(15)8(3-7(5)16)19-9(20)1-4-10(11(19)17)13(22)18-12(4)21/h1-3H,17H2,(H,18,21,22).